The Balaban J connectivity index is 2.04. The molecular weight excluding hydrogens is 272 g/mol. The van der Waals surface area contributed by atoms with Crippen LogP contribution in [0.2, 0.25) is 0 Å². The number of para-hydroxylation sites is 1. The summed E-state index contributed by atoms with van der Waals surface area (Å²) in [5, 5.41) is 4.42. The summed E-state index contributed by atoms with van der Waals surface area (Å²) < 4.78 is 0. The molecule has 3 heteroatoms. The van der Waals surface area contributed by atoms with Crippen LogP contribution in [0.1, 0.15) is 40.4 Å². The Morgan fingerprint density at radius 1 is 1.05 bits per heavy atom. The van der Waals surface area contributed by atoms with E-state index in [9.17, 15) is 4.79 Å². The molecule has 22 heavy (non-hydrogen) atoms. The lowest BCUT2D eigenvalue weighted by atomic mass is 9.81. The minimum atomic E-state index is -0.445. The van der Waals surface area contributed by atoms with E-state index in [1.165, 1.54) is 10.9 Å². The molecule has 1 aromatic heterocycles. The summed E-state index contributed by atoms with van der Waals surface area (Å²) in [6.45, 7) is 4.22. The van der Waals surface area contributed by atoms with E-state index in [0.717, 1.165) is 28.6 Å². The predicted molar refractivity (Wildman–Crippen MR) is 88.0 cm³/mol. The third kappa shape index (κ3) is 1.54. The number of carbonyl (C=O) groups is 1. The summed E-state index contributed by atoms with van der Waals surface area (Å²) in [6.07, 6.45) is 2.86. The zero-order chi connectivity index (χ0) is 15.3. The van der Waals surface area contributed by atoms with Crippen molar-refractivity contribution >= 4 is 16.8 Å². The fourth-order valence-electron chi connectivity index (χ4n) is 3.72. The van der Waals surface area contributed by atoms with E-state index in [-0.39, 0.29) is 5.91 Å². The molecule has 3 nitrogen and oxygen atoms in total. The highest BCUT2D eigenvalue weighted by atomic mass is 16.2. The summed E-state index contributed by atoms with van der Waals surface area (Å²) in [6, 6.07) is 14.2. The molecule has 1 atom stereocenters. The number of benzene rings is 2. The molecule has 0 aliphatic carbocycles. The quantitative estimate of drug-likeness (QED) is 0.739. The summed E-state index contributed by atoms with van der Waals surface area (Å²) in [5.74, 6) is 0.0134. The van der Waals surface area contributed by atoms with Gasteiger partial charge in [-0.05, 0) is 30.5 Å². The van der Waals surface area contributed by atoms with Gasteiger partial charge in [0.1, 0.15) is 0 Å². The first-order valence-electron chi connectivity index (χ1n) is 7.66. The standard InChI is InChI=1S/C19H18N2O/c1-3-19(15-10-5-4-8-14(15)18(22)21-19)16-11-20-17-12(2)7-6-9-13(16)17/h4-11,20H,3H2,1-2H3,(H,21,22)/t19-/m1/s1. The normalized spacial score (nSPS) is 20.2. The van der Waals surface area contributed by atoms with Gasteiger partial charge in [0.2, 0.25) is 0 Å². The van der Waals surface area contributed by atoms with E-state index in [4.69, 9.17) is 0 Å². The van der Waals surface area contributed by atoms with Gasteiger partial charge < -0.3 is 10.3 Å². The van der Waals surface area contributed by atoms with Gasteiger partial charge in [-0.3, -0.25) is 4.79 Å². The molecule has 0 saturated heterocycles. The van der Waals surface area contributed by atoms with Crippen molar-refractivity contribution in [2.24, 2.45) is 0 Å². The maximum Gasteiger partial charge on any atom is 0.252 e. The predicted octanol–water partition coefficient (Wildman–Crippen LogP) is 3.87. The highest BCUT2D eigenvalue weighted by Crippen LogP contribution is 2.42. The van der Waals surface area contributed by atoms with Crippen LogP contribution in [0, 0.1) is 6.92 Å². The Morgan fingerprint density at radius 3 is 2.68 bits per heavy atom. The summed E-state index contributed by atoms with van der Waals surface area (Å²) in [4.78, 5) is 15.8. The first-order valence-corrected chi connectivity index (χ1v) is 7.66. The van der Waals surface area contributed by atoms with Crippen molar-refractivity contribution in [1.29, 1.82) is 0 Å². The molecule has 0 unspecified atom stereocenters. The van der Waals surface area contributed by atoms with Gasteiger partial charge in [0, 0.05) is 28.2 Å². The monoisotopic (exact) mass is 290 g/mol. The second kappa shape index (κ2) is 4.47. The minimum Gasteiger partial charge on any atom is -0.361 e. The molecule has 0 bridgehead atoms. The van der Waals surface area contributed by atoms with Crippen LogP contribution in [-0.2, 0) is 5.54 Å². The maximum atomic E-state index is 12.4. The van der Waals surface area contributed by atoms with Crippen LogP contribution in [0.15, 0.2) is 48.7 Å². The lowest BCUT2D eigenvalue weighted by molar-refractivity contribution is 0.0939. The molecule has 0 fully saturated rings. The van der Waals surface area contributed by atoms with Crippen molar-refractivity contribution in [3.05, 3.63) is 70.9 Å². The number of rotatable bonds is 2. The molecular formula is C19H18N2O. The fourth-order valence-corrected chi connectivity index (χ4v) is 3.72. The minimum absolute atomic E-state index is 0.0134. The summed E-state index contributed by atoms with van der Waals surface area (Å²) in [5.41, 5.74) is 4.92. The molecule has 110 valence electrons. The van der Waals surface area contributed by atoms with Crippen LogP contribution in [0.25, 0.3) is 10.9 Å². The van der Waals surface area contributed by atoms with Crippen LogP contribution in [0.3, 0.4) is 0 Å². The molecule has 1 aliphatic heterocycles. The van der Waals surface area contributed by atoms with Gasteiger partial charge in [-0.15, -0.1) is 0 Å². The first kappa shape index (κ1) is 13.1. The maximum absolute atomic E-state index is 12.4. The molecule has 2 aromatic carbocycles. The average Bonchev–Trinajstić information content (AvgIpc) is 3.09. The number of H-pyrrole nitrogens is 1. The Hall–Kier alpha value is -2.55. The van der Waals surface area contributed by atoms with Crippen molar-refractivity contribution in [3.8, 4) is 0 Å². The molecule has 0 spiro atoms. The number of carbonyl (C=O) groups excluding carboxylic acids is 1. The van der Waals surface area contributed by atoms with Crippen LogP contribution >= 0.6 is 0 Å². The smallest absolute Gasteiger partial charge is 0.252 e. The van der Waals surface area contributed by atoms with Gasteiger partial charge in [-0.25, -0.2) is 0 Å². The number of aromatic amines is 1. The zero-order valence-corrected chi connectivity index (χ0v) is 12.7. The second-order valence-corrected chi connectivity index (χ2v) is 5.96. The molecule has 0 saturated carbocycles. The molecule has 0 radical (unpaired) electrons. The molecule has 4 rings (SSSR count). The SMILES string of the molecule is CC[C@@]1(c2c[nH]c3c(C)cccc23)NC(=O)c2ccccc21. The van der Waals surface area contributed by atoms with Gasteiger partial charge in [-0.1, -0.05) is 43.3 Å². The van der Waals surface area contributed by atoms with Crippen molar-refractivity contribution < 1.29 is 4.79 Å². The largest absolute Gasteiger partial charge is 0.361 e. The van der Waals surface area contributed by atoms with Crippen LogP contribution < -0.4 is 5.32 Å². The van der Waals surface area contributed by atoms with E-state index in [2.05, 4.69) is 48.4 Å². The highest BCUT2D eigenvalue weighted by Gasteiger charge is 2.43. The number of fused-ring (bicyclic) bond motifs is 2. The van der Waals surface area contributed by atoms with Crippen molar-refractivity contribution in [1.82, 2.24) is 10.3 Å². The van der Waals surface area contributed by atoms with E-state index >= 15 is 0 Å². The second-order valence-electron chi connectivity index (χ2n) is 5.96. The van der Waals surface area contributed by atoms with Crippen molar-refractivity contribution in [2.75, 3.05) is 0 Å². The Kier molecular flexibility index (Phi) is 2.67. The summed E-state index contributed by atoms with van der Waals surface area (Å²) in [7, 11) is 0. The van der Waals surface area contributed by atoms with E-state index in [1.807, 2.05) is 24.4 Å². The number of aryl methyl sites for hydroxylation is 1. The van der Waals surface area contributed by atoms with E-state index in [0.29, 0.717) is 0 Å². The molecule has 2 heterocycles. The average molecular weight is 290 g/mol. The van der Waals surface area contributed by atoms with Gasteiger partial charge in [-0.2, -0.15) is 0 Å². The topological polar surface area (TPSA) is 44.9 Å². The van der Waals surface area contributed by atoms with Gasteiger partial charge >= 0.3 is 0 Å². The Morgan fingerprint density at radius 2 is 1.86 bits per heavy atom. The van der Waals surface area contributed by atoms with Gasteiger partial charge in [0.05, 0.1) is 5.54 Å². The number of nitrogens with one attached hydrogen (secondary N) is 2. The molecule has 2 N–H and O–H groups in total. The number of hydrogen-bond acceptors (Lipinski definition) is 1. The molecule has 3 aromatic rings. The lowest BCUT2D eigenvalue weighted by Gasteiger charge is -2.29. The molecule has 1 amide bonds. The highest BCUT2D eigenvalue weighted by molar-refractivity contribution is 6.02. The summed E-state index contributed by atoms with van der Waals surface area (Å²) >= 11 is 0. The van der Waals surface area contributed by atoms with E-state index < -0.39 is 5.54 Å². The number of aromatic nitrogens is 1. The third-order valence-electron chi connectivity index (χ3n) is 4.87. The third-order valence-corrected chi connectivity index (χ3v) is 4.87. The Labute approximate surface area is 129 Å². The number of hydrogen-bond donors (Lipinski definition) is 2. The first-order chi connectivity index (χ1) is 10.7. The van der Waals surface area contributed by atoms with Gasteiger partial charge in [0.25, 0.3) is 5.91 Å². The molecule has 1 aliphatic rings. The lowest BCUT2D eigenvalue weighted by Crippen LogP contribution is -2.39. The van der Waals surface area contributed by atoms with Gasteiger partial charge in [0.15, 0.2) is 0 Å². The van der Waals surface area contributed by atoms with Crippen molar-refractivity contribution in [3.63, 3.8) is 0 Å². The van der Waals surface area contributed by atoms with E-state index in [1.54, 1.807) is 0 Å². The Bertz CT molecular complexity index is 893. The van der Waals surface area contributed by atoms with Crippen LogP contribution in [-0.4, -0.2) is 10.9 Å². The fraction of sp³-hybridized carbons (Fsp3) is 0.211. The van der Waals surface area contributed by atoms with Crippen LogP contribution in [0.4, 0.5) is 0 Å². The zero-order valence-electron chi connectivity index (χ0n) is 12.7. The van der Waals surface area contributed by atoms with Crippen LogP contribution in [0.5, 0.6) is 0 Å². The van der Waals surface area contributed by atoms with Crippen molar-refractivity contribution in [2.45, 2.75) is 25.8 Å². The number of amides is 1.